The van der Waals surface area contributed by atoms with E-state index in [0.29, 0.717) is 5.95 Å². The minimum atomic E-state index is -0.270. The number of rotatable bonds is 6. The molecule has 4 rings (SSSR count). The maximum absolute atomic E-state index is 13.4. The van der Waals surface area contributed by atoms with Crippen LogP contribution in [0.5, 0.6) is 0 Å². The fraction of sp³-hybridized carbons (Fsp3) is 0.190. The Balaban J connectivity index is 1.84. The van der Waals surface area contributed by atoms with Gasteiger partial charge in [-0.25, -0.2) is 18.9 Å². The summed E-state index contributed by atoms with van der Waals surface area (Å²) in [6, 6.07) is 14.1. The SMILES string of the molecule is CCCCNc1nccc(-c2c(-c3ccc(F)cc3)nn3ccccc23)n1. The molecule has 0 spiro atoms. The van der Waals surface area contributed by atoms with Crippen LogP contribution >= 0.6 is 0 Å². The van der Waals surface area contributed by atoms with Crippen molar-refractivity contribution in [1.29, 1.82) is 0 Å². The lowest BCUT2D eigenvalue weighted by Crippen LogP contribution is -2.05. The lowest BCUT2D eigenvalue weighted by molar-refractivity contribution is 0.628. The van der Waals surface area contributed by atoms with Crippen molar-refractivity contribution in [3.05, 3.63) is 66.7 Å². The summed E-state index contributed by atoms with van der Waals surface area (Å²) in [7, 11) is 0. The van der Waals surface area contributed by atoms with Gasteiger partial charge in [0, 0.05) is 24.5 Å². The van der Waals surface area contributed by atoms with Crippen molar-refractivity contribution < 1.29 is 4.39 Å². The third-order valence-corrected chi connectivity index (χ3v) is 4.38. The number of nitrogens with one attached hydrogen (secondary N) is 1. The highest BCUT2D eigenvalue weighted by Crippen LogP contribution is 2.34. The van der Waals surface area contributed by atoms with Crippen molar-refractivity contribution >= 4 is 11.5 Å². The zero-order valence-corrected chi connectivity index (χ0v) is 15.1. The average molecular weight is 361 g/mol. The monoisotopic (exact) mass is 361 g/mol. The zero-order valence-electron chi connectivity index (χ0n) is 15.1. The summed E-state index contributed by atoms with van der Waals surface area (Å²) in [5.74, 6) is 0.329. The number of benzene rings is 1. The molecule has 0 radical (unpaired) electrons. The van der Waals surface area contributed by atoms with Crippen molar-refractivity contribution in [3.63, 3.8) is 0 Å². The first kappa shape index (κ1) is 17.1. The molecule has 0 bridgehead atoms. The van der Waals surface area contributed by atoms with E-state index in [1.165, 1.54) is 12.1 Å². The molecule has 6 heteroatoms. The molecule has 0 saturated heterocycles. The lowest BCUT2D eigenvalue weighted by Gasteiger charge is -2.07. The Hall–Kier alpha value is -3.28. The maximum atomic E-state index is 13.4. The van der Waals surface area contributed by atoms with E-state index in [-0.39, 0.29) is 5.82 Å². The second-order valence-electron chi connectivity index (χ2n) is 6.31. The van der Waals surface area contributed by atoms with Gasteiger partial charge in [-0.05, 0) is 48.9 Å². The number of anilines is 1. The standard InChI is InChI=1S/C21H20FN5/c1-2-3-12-23-21-24-13-11-17(25-21)19-18-6-4-5-14-27(18)26-20(19)15-7-9-16(22)10-8-15/h4-11,13-14H,2-3,12H2,1H3,(H,23,24,25). The smallest absolute Gasteiger partial charge is 0.223 e. The maximum Gasteiger partial charge on any atom is 0.223 e. The number of aromatic nitrogens is 4. The number of pyridine rings is 1. The molecule has 4 aromatic rings. The third kappa shape index (κ3) is 3.51. The van der Waals surface area contributed by atoms with Gasteiger partial charge in [-0.2, -0.15) is 5.10 Å². The molecule has 3 heterocycles. The van der Waals surface area contributed by atoms with Gasteiger partial charge in [0.15, 0.2) is 0 Å². The largest absolute Gasteiger partial charge is 0.354 e. The highest BCUT2D eigenvalue weighted by molar-refractivity contribution is 5.90. The Morgan fingerprint density at radius 2 is 1.93 bits per heavy atom. The van der Waals surface area contributed by atoms with Gasteiger partial charge in [0.25, 0.3) is 0 Å². The van der Waals surface area contributed by atoms with Gasteiger partial charge in [-0.3, -0.25) is 0 Å². The molecule has 0 aliphatic rings. The summed E-state index contributed by atoms with van der Waals surface area (Å²) in [5, 5.41) is 7.97. The van der Waals surface area contributed by atoms with Gasteiger partial charge in [0.1, 0.15) is 11.5 Å². The molecule has 27 heavy (non-hydrogen) atoms. The number of hydrogen-bond acceptors (Lipinski definition) is 4. The van der Waals surface area contributed by atoms with Gasteiger partial charge in [0.05, 0.1) is 16.8 Å². The van der Waals surface area contributed by atoms with Gasteiger partial charge in [-0.1, -0.05) is 19.4 Å². The van der Waals surface area contributed by atoms with E-state index in [1.807, 2.05) is 35.0 Å². The zero-order chi connectivity index (χ0) is 18.6. The Kier molecular flexibility index (Phi) is 4.78. The average Bonchev–Trinajstić information content (AvgIpc) is 3.08. The molecule has 1 aromatic carbocycles. The molecule has 0 saturated carbocycles. The van der Waals surface area contributed by atoms with Crippen LogP contribution in [0.15, 0.2) is 60.9 Å². The highest BCUT2D eigenvalue weighted by atomic mass is 19.1. The molecule has 0 unspecified atom stereocenters. The van der Waals surface area contributed by atoms with E-state index >= 15 is 0 Å². The molecular weight excluding hydrogens is 341 g/mol. The van der Waals surface area contributed by atoms with Crippen molar-refractivity contribution in [2.75, 3.05) is 11.9 Å². The van der Waals surface area contributed by atoms with E-state index in [4.69, 9.17) is 10.1 Å². The molecule has 5 nitrogen and oxygen atoms in total. The molecule has 0 aliphatic heterocycles. The predicted molar refractivity (Wildman–Crippen MR) is 105 cm³/mol. The Bertz CT molecular complexity index is 1060. The summed E-state index contributed by atoms with van der Waals surface area (Å²) >= 11 is 0. The number of fused-ring (bicyclic) bond motifs is 1. The van der Waals surface area contributed by atoms with Crippen LogP contribution in [0.25, 0.3) is 28.0 Å². The second-order valence-corrected chi connectivity index (χ2v) is 6.31. The van der Waals surface area contributed by atoms with Crippen LogP contribution in [0.1, 0.15) is 19.8 Å². The van der Waals surface area contributed by atoms with Gasteiger partial charge in [0.2, 0.25) is 5.95 Å². The summed E-state index contributed by atoms with van der Waals surface area (Å²) in [6.07, 6.45) is 5.81. The van der Waals surface area contributed by atoms with Crippen LogP contribution in [0.2, 0.25) is 0 Å². The molecule has 0 fully saturated rings. The van der Waals surface area contributed by atoms with Crippen LogP contribution in [-0.4, -0.2) is 26.1 Å². The molecule has 0 aliphatic carbocycles. The van der Waals surface area contributed by atoms with Crippen LogP contribution < -0.4 is 5.32 Å². The Morgan fingerprint density at radius 3 is 2.74 bits per heavy atom. The Labute approximate surface area is 156 Å². The van der Waals surface area contributed by atoms with Crippen molar-refractivity contribution in [2.45, 2.75) is 19.8 Å². The van der Waals surface area contributed by atoms with Crippen molar-refractivity contribution in [1.82, 2.24) is 19.6 Å². The topological polar surface area (TPSA) is 55.1 Å². The number of nitrogens with zero attached hydrogens (tertiary/aromatic N) is 4. The quantitative estimate of drug-likeness (QED) is 0.501. The van der Waals surface area contributed by atoms with Gasteiger partial charge >= 0.3 is 0 Å². The predicted octanol–water partition coefficient (Wildman–Crippen LogP) is 4.81. The first-order valence-corrected chi connectivity index (χ1v) is 9.07. The Morgan fingerprint density at radius 1 is 1.07 bits per heavy atom. The number of hydrogen-bond donors (Lipinski definition) is 1. The van der Waals surface area contributed by atoms with E-state index in [9.17, 15) is 4.39 Å². The summed E-state index contributed by atoms with van der Waals surface area (Å²) < 4.78 is 15.2. The van der Waals surface area contributed by atoms with Crippen molar-refractivity contribution in [3.8, 4) is 22.5 Å². The molecular formula is C21H20FN5. The van der Waals surface area contributed by atoms with Gasteiger partial charge in [-0.15, -0.1) is 0 Å². The minimum absolute atomic E-state index is 0.270. The van der Waals surface area contributed by atoms with Crippen LogP contribution in [0.4, 0.5) is 10.3 Å². The molecule has 1 N–H and O–H groups in total. The van der Waals surface area contributed by atoms with Crippen LogP contribution in [0.3, 0.4) is 0 Å². The third-order valence-electron chi connectivity index (χ3n) is 4.38. The summed E-state index contributed by atoms with van der Waals surface area (Å²) in [6.45, 7) is 2.98. The number of halogens is 1. The van der Waals surface area contributed by atoms with E-state index < -0.39 is 0 Å². The van der Waals surface area contributed by atoms with E-state index in [1.54, 1.807) is 18.3 Å². The van der Waals surface area contributed by atoms with E-state index in [0.717, 1.165) is 47.4 Å². The van der Waals surface area contributed by atoms with Crippen LogP contribution in [0, 0.1) is 5.82 Å². The molecule has 136 valence electrons. The second kappa shape index (κ2) is 7.53. The molecule has 3 aromatic heterocycles. The summed E-state index contributed by atoms with van der Waals surface area (Å²) in [5.41, 5.74) is 4.23. The fourth-order valence-electron chi connectivity index (χ4n) is 3.02. The van der Waals surface area contributed by atoms with E-state index in [2.05, 4.69) is 17.2 Å². The minimum Gasteiger partial charge on any atom is -0.354 e. The first-order valence-electron chi connectivity index (χ1n) is 9.07. The summed E-state index contributed by atoms with van der Waals surface area (Å²) in [4.78, 5) is 9.01. The van der Waals surface area contributed by atoms with Crippen molar-refractivity contribution in [2.24, 2.45) is 0 Å². The molecule has 0 amide bonds. The fourth-order valence-corrected chi connectivity index (χ4v) is 3.02. The van der Waals surface area contributed by atoms with Gasteiger partial charge < -0.3 is 5.32 Å². The highest BCUT2D eigenvalue weighted by Gasteiger charge is 2.18. The normalized spacial score (nSPS) is 11.0. The van der Waals surface area contributed by atoms with Crippen LogP contribution in [-0.2, 0) is 0 Å². The number of unbranched alkanes of at least 4 members (excludes halogenated alkanes) is 1. The lowest BCUT2D eigenvalue weighted by atomic mass is 10.0. The molecule has 0 atom stereocenters. The first-order chi connectivity index (χ1) is 13.3.